The van der Waals surface area contributed by atoms with Gasteiger partial charge in [0.05, 0.1) is 29.0 Å². The first-order valence-electron chi connectivity index (χ1n) is 10.3. The van der Waals surface area contributed by atoms with E-state index in [0.29, 0.717) is 0 Å². The van der Waals surface area contributed by atoms with Gasteiger partial charge in [0.1, 0.15) is 6.54 Å². The molecule has 0 aliphatic carbocycles. The minimum Gasteiger partial charge on any atom is -0.330 e. The number of carbonyl (C=O) groups excluding carboxylic acids is 1. The summed E-state index contributed by atoms with van der Waals surface area (Å²) in [6, 6.07) is 26.1. The Morgan fingerprint density at radius 2 is 1.59 bits per heavy atom. The predicted molar refractivity (Wildman–Crippen MR) is 128 cm³/mol. The lowest BCUT2D eigenvalue weighted by atomic mass is 10.2. The highest BCUT2D eigenvalue weighted by Gasteiger charge is 2.24. The second-order valence-corrected chi connectivity index (χ2v) is 8.45. The number of carbonyl (C=O) groups is 1. The van der Waals surface area contributed by atoms with Gasteiger partial charge in [0, 0.05) is 21.6 Å². The van der Waals surface area contributed by atoms with E-state index in [4.69, 9.17) is 0 Å². The van der Waals surface area contributed by atoms with E-state index >= 15 is 0 Å². The molecular formula is C25H21N5OS. The van der Waals surface area contributed by atoms with Crippen molar-refractivity contribution in [2.75, 3.05) is 11.4 Å². The third kappa shape index (κ3) is 4.02. The number of hydrogen-bond donors (Lipinski definition) is 1. The molecule has 1 aromatic heterocycles. The molecule has 0 spiro atoms. The summed E-state index contributed by atoms with van der Waals surface area (Å²) in [5.41, 5.74) is 7.36. The molecule has 158 valence electrons. The van der Waals surface area contributed by atoms with Crippen LogP contribution in [0.15, 0.2) is 100.0 Å². The van der Waals surface area contributed by atoms with Crippen molar-refractivity contribution in [3.05, 3.63) is 96.3 Å². The molecule has 5 rings (SSSR count). The van der Waals surface area contributed by atoms with E-state index in [9.17, 15) is 4.79 Å². The first kappa shape index (κ1) is 20.1. The van der Waals surface area contributed by atoms with E-state index in [1.165, 1.54) is 0 Å². The van der Waals surface area contributed by atoms with Crippen molar-refractivity contribution < 1.29 is 4.79 Å². The molecule has 0 radical (unpaired) electrons. The van der Waals surface area contributed by atoms with Gasteiger partial charge in [-0.2, -0.15) is 10.2 Å². The van der Waals surface area contributed by atoms with Gasteiger partial charge in [-0.05, 0) is 43.3 Å². The summed E-state index contributed by atoms with van der Waals surface area (Å²) in [5.74, 6) is -0.189. The Morgan fingerprint density at radius 3 is 2.28 bits per heavy atom. The average Bonchev–Trinajstić information content (AvgIpc) is 3.20. The number of aromatic nitrogens is 2. The topological polar surface area (TPSA) is 62.5 Å². The van der Waals surface area contributed by atoms with Crippen LogP contribution in [0.4, 0.5) is 11.4 Å². The van der Waals surface area contributed by atoms with E-state index in [2.05, 4.69) is 27.8 Å². The van der Waals surface area contributed by atoms with Gasteiger partial charge in [-0.15, -0.1) is 0 Å². The normalized spacial score (nSPS) is 12.5. The van der Waals surface area contributed by atoms with Gasteiger partial charge in [-0.25, -0.2) is 10.1 Å². The van der Waals surface area contributed by atoms with Crippen LogP contribution in [-0.4, -0.2) is 28.4 Å². The number of rotatable bonds is 5. The molecule has 1 amide bonds. The molecule has 3 aromatic carbocycles. The molecule has 1 aliphatic rings. The Morgan fingerprint density at radius 1 is 0.969 bits per heavy atom. The Bertz CT molecular complexity index is 1250. The van der Waals surface area contributed by atoms with Crippen molar-refractivity contribution in [2.24, 2.45) is 5.10 Å². The first-order valence-corrected chi connectivity index (χ1v) is 11.1. The van der Waals surface area contributed by atoms with Crippen molar-refractivity contribution >= 4 is 35.3 Å². The van der Waals surface area contributed by atoms with Crippen molar-refractivity contribution in [1.82, 2.24) is 15.2 Å². The monoisotopic (exact) mass is 439 g/mol. The molecule has 6 nitrogen and oxygen atoms in total. The van der Waals surface area contributed by atoms with Crippen LogP contribution in [0.2, 0.25) is 0 Å². The van der Waals surface area contributed by atoms with Crippen molar-refractivity contribution in [3.63, 3.8) is 0 Å². The number of nitrogens with one attached hydrogen (secondary N) is 1. The molecular weight excluding hydrogens is 418 g/mol. The molecule has 1 N–H and O–H groups in total. The van der Waals surface area contributed by atoms with Crippen LogP contribution in [-0.2, 0) is 4.79 Å². The second kappa shape index (κ2) is 8.72. The molecule has 0 saturated carbocycles. The average molecular weight is 440 g/mol. The number of para-hydroxylation sites is 3. The van der Waals surface area contributed by atoms with Crippen LogP contribution >= 0.6 is 11.8 Å². The summed E-state index contributed by atoms with van der Waals surface area (Å²) in [5, 5.41) is 8.70. The number of hydrogen-bond acceptors (Lipinski definition) is 5. The van der Waals surface area contributed by atoms with Gasteiger partial charge in [0.25, 0.3) is 5.91 Å². The third-order valence-corrected chi connectivity index (χ3v) is 6.31. The fourth-order valence-electron chi connectivity index (χ4n) is 3.62. The van der Waals surface area contributed by atoms with Crippen molar-refractivity contribution in [3.8, 4) is 5.69 Å². The minimum atomic E-state index is -0.189. The summed E-state index contributed by atoms with van der Waals surface area (Å²) < 4.78 is 1.80. The van der Waals surface area contributed by atoms with Crippen LogP contribution in [0.5, 0.6) is 0 Å². The maximum atomic E-state index is 12.7. The lowest BCUT2D eigenvalue weighted by molar-refractivity contribution is -0.119. The SMILES string of the molecule is Cc1nn(-c2ccccc2)cc1C=NNC(=O)CN1c2ccccc2Sc2ccccc21. The third-order valence-electron chi connectivity index (χ3n) is 5.18. The summed E-state index contributed by atoms with van der Waals surface area (Å²) in [4.78, 5) is 17.0. The number of aryl methyl sites for hydroxylation is 1. The molecule has 7 heteroatoms. The fourth-order valence-corrected chi connectivity index (χ4v) is 4.71. The van der Waals surface area contributed by atoms with Crippen LogP contribution in [0.3, 0.4) is 0 Å². The fraction of sp³-hybridized carbons (Fsp3) is 0.0800. The molecule has 0 bridgehead atoms. The van der Waals surface area contributed by atoms with Crippen molar-refractivity contribution in [1.29, 1.82) is 0 Å². The number of nitrogens with zero attached hydrogens (tertiary/aromatic N) is 4. The van der Waals surface area contributed by atoms with Crippen LogP contribution in [0.25, 0.3) is 5.69 Å². The van der Waals surface area contributed by atoms with Gasteiger partial charge in [0.15, 0.2) is 0 Å². The highest BCUT2D eigenvalue weighted by Crippen LogP contribution is 2.47. The number of anilines is 2. The van der Waals surface area contributed by atoms with Gasteiger partial charge in [0.2, 0.25) is 0 Å². The summed E-state index contributed by atoms with van der Waals surface area (Å²) >= 11 is 1.72. The Hall–Kier alpha value is -3.84. The van der Waals surface area contributed by atoms with E-state index in [1.807, 2.05) is 84.8 Å². The minimum absolute atomic E-state index is 0.175. The standard InChI is InChI=1S/C25H21N5OS/c1-18-19(16-30(28-18)20-9-3-2-4-10-20)15-26-27-25(31)17-29-21-11-5-7-13-23(21)32-24-14-8-6-12-22(24)29/h2-16H,17H2,1H3,(H,27,31). The zero-order valence-electron chi connectivity index (χ0n) is 17.5. The van der Waals surface area contributed by atoms with E-state index < -0.39 is 0 Å². The van der Waals surface area contributed by atoms with Crippen molar-refractivity contribution in [2.45, 2.75) is 16.7 Å². The second-order valence-electron chi connectivity index (χ2n) is 7.37. The Labute approximate surface area is 190 Å². The van der Waals surface area contributed by atoms with Gasteiger partial charge >= 0.3 is 0 Å². The first-order chi connectivity index (χ1) is 15.7. The number of hydrazone groups is 1. The Balaban J connectivity index is 1.30. The summed E-state index contributed by atoms with van der Waals surface area (Å²) in [6.07, 6.45) is 3.53. The van der Waals surface area contributed by atoms with E-state index in [0.717, 1.165) is 38.1 Å². The van der Waals surface area contributed by atoms with E-state index in [1.54, 1.807) is 22.7 Å². The molecule has 1 aliphatic heterocycles. The number of benzene rings is 3. The van der Waals surface area contributed by atoms with E-state index in [-0.39, 0.29) is 12.5 Å². The number of amides is 1. The maximum absolute atomic E-state index is 12.7. The largest absolute Gasteiger partial charge is 0.330 e. The molecule has 0 fully saturated rings. The van der Waals surface area contributed by atoms with Crippen LogP contribution in [0, 0.1) is 6.92 Å². The van der Waals surface area contributed by atoms with Gasteiger partial charge in [-0.3, -0.25) is 4.79 Å². The smallest absolute Gasteiger partial charge is 0.260 e. The van der Waals surface area contributed by atoms with Gasteiger partial charge < -0.3 is 4.90 Å². The lowest BCUT2D eigenvalue weighted by Crippen LogP contribution is -2.33. The Kier molecular flexibility index (Phi) is 5.47. The summed E-state index contributed by atoms with van der Waals surface area (Å²) in [6.45, 7) is 2.09. The molecule has 0 atom stereocenters. The quantitative estimate of drug-likeness (QED) is 0.354. The lowest BCUT2D eigenvalue weighted by Gasteiger charge is -2.31. The predicted octanol–water partition coefficient (Wildman–Crippen LogP) is 4.93. The molecule has 32 heavy (non-hydrogen) atoms. The maximum Gasteiger partial charge on any atom is 0.260 e. The zero-order chi connectivity index (χ0) is 21.9. The number of fused-ring (bicyclic) bond motifs is 2. The highest BCUT2D eigenvalue weighted by atomic mass is 32.2. The molecule has 0 unspecified atom stereocenters. The zero-order valence-corrected chi connectivity index (χ0v) is 18.3. The molecule has 0 saturated heterocycles. The van der Waals surface area contributed by atoms with Gasteiger partial charge in [-0.1, -0.05) is 54.2 Å². The molecule has 4 aromatic rings. The van der Waals surface area contributed by atoms with Crippen LogP contribution in [0.1, 0.15) is 11.3 Å². The molecule has 2 heterocycles. The highest BCUT2D eigenvalue weighted by molar-refractivity contribution is 7.99. The summed E-state index contributed by atoms with van der Waals surface area (Å²) in [7, 11) is 0. The van der Waals surface area contributed by atoms with Crippen LogP contribution < -0.4 is 10.3 Å².